The van der Waals surface area contributed by atoms with Crippen LogP contribution in [0.25, 0.3) is 0 Å². The number of fused-ring (bicyclic) bond motifs is 1. The van der Waals surface area contributed by atoms with Crippen LogP contribution in [0.3, 0.4) is 0 Å². The second-order valence-corrected chi connectivity index (χ2v) is 10.5. The van der Waals surface area contributed by atoms with Crippen molar-refractivity contribution in [3.8, 4) is 0 Å². The fourth-order valence-electron chi connectivity index (χ4n) is 5.90. The van der Waals surface area contributed by atoms with E-state index in [4.69, 9.17) is 4.98 Å². The van der Waals surface area contributed by atoms with Gasteiger partial charge in [-0.2, -0.15) is 0 Å². The first-order chi connectivity index (χ1) is 17.1. The fraction of sp³-hybridized carbons (Fsp3) is 0.607. The molecule has 4 heterocycles. The lowest BCUT2D eigenvalue weighted by atomic mass is 9.80. The maximum absolute atomic E-state index is 15.2. The first kappa shape index (κ1) is 24.2. The number of carbonyl (C=O) groups is 1. The topological polar surface area (TPSA) is 78.3 Å². The van der Waals surface area contributed by atoms with Crippen LogP contribution >= 0.6 is 0 Å². The predicted molar refractivity (Wildman–Crippen MR) is 134 cm³/mol. The number of hydrogen-bond acceptors (Lipinski definition) is 5. The molecule has 188 valence electrons. The van der Waals surface area contributed by atoms with Gasteiger partial charge in [0, 0.05) is 48.1 Å². The number of unbranched alkanes of at least 4 members (excludes halogenated alkanes) is 1. The summed E-state index contributed by atoms with van der Waals surface area (Å²) in [6.07, 6.45) is 10.3. The molecule has 2 aromatic rings. The summed E-state index contributed by atoms with van der Waals surface area (Å²) in [6, 6.07) is 7.28. The van der Waals surface area contributed by atoms with E-state index in [9.17, 15) is 9.90 Å². The molecule has 0 radical (unpaired) electrons. The van der Waals surface area contributed by atoms with E-state index in [0.29, 0.717) is 31.8 Å². The van der Waals surface area contributed by atoms with Gasteiger partial charge in [-0.25, -0.2) is 9.37 Å². The van der Waals surface area contributed by atoms with E-state index in [1.165, 1.54) is 12.0 Å². The second-order valence-electron chi connectivity index (χ2n) is 10.5. The number of aromatic nitrogens is 2. The predicted octanol–water partition coefficient (Wildman–Crippen LogP) is 5.30. The number of carboxylic acid groups (broad SMARTS) is 1. The van der Waals surface area contributed by atoms with Crippen LogP contribution in [0.2, 0.25) is 0 Å². The van der Waals surface area contributed by atoms with E-state index >= 15 is 4.39 Å². The molecule has 2 aliphatic heterocycles. The third-order valence-corrected chi connectivity index (χ3v) is 8.14. The van der Waals surface area contributed by atoms with Crippen molar-refractivity contribution in [1.29, 1.82) is 0 Å². The number of alkyl halides is 1. The van der Waals surface area contributed by atoms with Crippen LogP contribution in [0.5, 0.6) is 0 Å². The molecule has 7 heteroatoms. The number of carboxylic acids is 1. The summed E-state index contributed by atoms with van der Waals surface area (Å²) >= 11 is 0. The van der Waals surface area contributed by atoms with Crippen LogP contribution in [-0.4, -0.2) is 51.7 Å². The zero-order valence-corrected chi connectivity index (χ0v) is 20.5. The Bertz CT molecular complexity index is 1030. The Balaban J connectivity index is 1.13. The van der Waals surface area contributed by atoms with Gasteiger partial charge in [-0.1, -0.05) is 25.0 Å². The summed E-state index contributed by atoms with van der Waals surface area (Å²) in [5.74, 6) is 0.416. The third kappa shape index (κ3) is 5.50. The molecule has 0 aromatic carbocycles. The standard InChI is InChI=1S/C28H37FN4O2/c29-24(11-2-1-9-22-13-12-20-8-4-16-31-27(20)32-22)21-14-17-33(18-21)26(28(34)35)23-10-5-15-30-25(23)19-6-3-7-19/h5,10,12-13,15,19,21,24,26H,1-4,6-9,11,14,16-18H2,(H,31,32)(H,34,35)/t21-,24?,26+/m1/s1. The molecule has 2 aromatic heterocycles. The van der Waals surface area contributed by atoms with Gasteiger partial charge in [-0.3, -0.25) is 14.7 Å². The summed E-state index contributed by atoms with van der Waals surface area (Å²) in [7, 11) is 0. The third-order valence-electron chi connectivity index (χ3n) is 8.14. The highest BCUT2D eigenvalue weighted by atomic mass is 19.1. The van der Waals surface area contributed by atoms with Crippen molar-refractivity contribution in [2.24, 2.45) is 5.92 Å². The highest BCUT2D eigenvalue weighted by Crippen LogP contribution is 2.40. The smallest absolute Gasteiger partial charge is 0.325 e. The molecule has 2 N–H and O–H groups in total. The van der Waals surface area contributed by atoms with Crippen LogP contribution in [0.4, 0.5) is 10.2 Å². The van der Waals surface area contributed by atoms with Crippen molar-refractivity contribution in [3.63, 3.8) is 0 Å². The number of hydrogen-bond donors (Lipinski definition) is 2. The zero-order chi connectivity index (χ0) is 24.2. The number of rotatable bonds is 10. The van der Waals surface area contributed by atoms with E-state index in [-0.39, 0.29) is 5.92 Å². The number of halogens is 1. The molecule has 0 bridgehead atoms. The molecule has 3 atom stereocenters. The van der Waals surface area contributed by atoms with Crippen molar-refractivity contribution < 1.29 is 14.3 Å². The molecular weight excluding hydrogens is 443 g/mol. The largest absolute Gasteiger partial charge is 0.480 e. The van der Waals surface area contributed by atoms with Crippen LogP contribution in [0, 0.1) is 5.92 Å². The molecule has 3 aliphatic rings. The summed E-state index contributed by atoms with van der Waals surface area (Å²) in [6.45, 7) is 2.10. The summed E-state index contributed by atoms with van der Waals surface area (Å²) in [5.41, 5.74) is 4.09. The Labute approximate surface area is 207 Å². The highest BCUT2D eigenvalue weighted by Gasteiger charge is 2.39. The van der Waals surface area contributed by atoms with Gasteiger partial charge in [-0.15, -0.1) is 0 Å². The maximum atomic E-state index is 15.2. The van der Waals surface area contributed by atoms with Crippen molar-refractivity contribution >= 4 is 11.8 Å². The average molecular weight is 481 g/mol. The van der Waals surface area contributed by atoms with Crippen LogP contribution in [0.15, 0.2) is 30.5 Å². The number of aryl methyl sites for hydroxylation is 2. The van der Waals surface area contributed by atoms with Gasteiger partial charge in [0.1, 0.15) is 18.0 Å². The van der Waals surface area contributed by atoms with Crippen molar-refractivity contribution in [2.75, 3.05) is 25.0 Å². The number of pyridine rings is 2. The molecular formula is C28H37FN4O2. The monoisotopic (exact) mass is 480 g/mol. The summed E-state index contributed by atoms with van der Waals surface area (Å²) in [4.78, 5) is 23.6. The first-order valence-corrected chi connectivity index (χ1v) is 13.4. The molecule has 1 saturated carbocycles. The number of likely N-dealkylation sites (tertiary alicyclic amines) is 1. The molecule has 1 saturated heterocycles. The number of aliphatic carboxylic acids is 1. The molecule has 0 spiro atoms. The SMILES string of the molecule is O=C(O)[C@H](c1cccnc1C1CCC1)N1CC[C@@H](C(F)CCCCc2ccc3c(n2)NCCC3)C1. The molecule has 2 fully saturated rings. The minimum Gasteiger partial charge on any atom is -0.480 e. The lowest BCUT2D eigenvalue weighted by Crippen LogP contribution is -2.34. The van der Waals surface area contributed by atoms with Crippen molar-refractivity contribution in [3.05, 3.63) is 53.0 Å². The van der Waals surface area contributed by atoms with Crippen molar-refractivity contribution in [1.82, 2.24) is 14.9 Å². The number of nitrogens with zero attached hydrogens (tertiary/aromatic N) is 3. The normalized spacial score (nSPS) is 22.1. The average Bonchev–Trinajstić information content (AvgIpc) is 3.31. The maximum Gasteiger partial charge on any atom is 0.325 e. The van der Waals surface area contributed by atoms with Gasteiger partial charge in [0.2, 0.25) is 0 Å². The van der Waals surface area contributed by atoms with Crippen molar-refractivity contribution in [2.45, 2.75) is 82.3 Å². The quantitative estimate of drug-likeness (QED) is 0.449. The number of nitrogens with one attached hydrogen (secondary N) is 1. The Morgan fingerprint density at radius 2 is 2.09 bits per heavy atom. The highest BCUT2D eigenvalue weighted by molar-refractivity contribution is 5.76. The van der Waals surface area contributed by atoms with Gasteiger partial charge in [0.15, 0.2) is 0 Å². The van der Waals surface area contributed by atoms with E-state index in [1.807, 2.05) is 17.0 Å². The minimum absolute atomic E-state index is 0.105. The molecule has 1 unspecified atom stereocenters. The molecule has 0 amide bonds. The van der Waals surface area contributed by atoms with Gasteiger partial charge in [-0.05, 0) is 75.6 Å². The summed E-state index contributed by atoms with van der Waals surface area (Å²) in [5, 5.41) is 13.5. The molecule has 1 aliphatic carbocycles. The summed E-state index contributed by atoms with van der Waals surface area (Å²) < 4.78 is 15.2. The van der Waals surface area contributed by atoms with E-state index < -0.39 is 18.2 Å². The Kier molecular flexibility index (Phi) is 7.61. The van der Waals surface area contributed by atoms with Gasteiger partial charge >= 0.3 is 5.97 Å². The van der Waals surface area contributed by atoms with Crippen LogP contribution in [0.1, 0.15) is 85.8 Å². The number of anilines is 1. The minimum atomic E-state index is -0.896. The van der Waals surface area contributed by atoms with Crippen LogP contribution in [-0.2, 0) is 17.6 Å². The Morgan fingerprint density at radius 3 is 2.89 bits per heavy atom. The fourth-order valence-corrected chi connectivity index (χ4v) is 5.90. The van der Waals surface area contributed by atoms with E-state index in [2.05, 4.69) is 22.4 Å². The lowest BCUT2D eigenvalue weighted by molar-refractivity contribution is -0.143. The molecule has 6 nitrogen and oxygen atoms in total. The first-order valence-electron chi connectivity index (χ1n) is 13.4. The van der Waals surface area contributed by atoms with Gasteiger partial charge in [0.25, 0.3) is 0 Å². The molecule has 5 rings (SSSR count). The van der Waals surface area contributed by atoms with Gasteiger partial charge in [0.05, 0.1) is 0 Å². The lowest BCUT2D eigenvalue weighted by Gasteiger charge is -2.31. The Hall–Kier alpha value is -2.54. The zero-order valence-electron chi connectivity index (χ0n) is 20.5. The van der Waals surface area contributed by atoms with E-state index in [1.54, 1.807) is 6.20 Å². The van der Waals surface area contributed by atoms with Gasteiger partial charge < -0.3 is 10.4 Å². The van der Waals surface area contributed by atoms with Crippen LogP contribution < -0.4 is 5.32 Å². The Morgan fingerprint density at radius 1 is 1.20 bits per heavy atom. The molecule has 35 heavy (non-hydrogen) atoms. The second kappa shape index (κ2) is 11.0. The van der Waals surface area contributed by atoms with E-state index in [0.717, 1.165) is 74.3 Å².